The van der Waals surface area contributed by atoms with Gasteiger partial charge in [0.25, 0.3) is 0 Å². The molecule has 4 nitrogen and oxygen atoms in total. The van der Waals surface area contributed by atoms with Crippen LogP contribution in [0.25, 0.3) is 0 Å². The van der Waals surface area contributed by atoms with Crippen LogP contribution in [0.1, 0.15) is 105 Å². The highest BCUT2D eigenvalue weighted by Gasteiger charge is 2.30. The number of carbonyl (C=O) groups is 2. The van der Waals surface area contributed by atoms with Gasteiger partial charge in [0, 0.05) is 12.6 Å². The van der Waals surface area contributed by atoms with E-state index in [2.05, 4.69) is 38.3 Å². The van der Waals surface area contributed by atoms with Crippen molar-refractivity contribution in [3.8, 4) is 0 Å². The largest absolute Gasteiger partial charge is 0.348 e. The van der Waals surface area contributed by atoms with Gasteiger partial charge in [-0.2, -0.15) is 0 Å². The Morgan fingerprint density at radius 3 is 1.88 bits per heavy atom. The van der Waals surface area contributed by atoms with Crippen LogP contribution in [0.15, 0.2) is 0 Å². The second-order valence-electron chi connectivity index (χ2n) is 9.12. The van der Waals surface area contributed by atoms with E-state index in [0.717, 1.165) is 38.5 Å². The molecule has 0 aromatic rings. The molecule has 0 saturated heterocycles. The molecule has 0 atom stereocenters. The molecule has 4 heteroatoms. The van der Waals surface area contributed by atoms with Crippen LogP contribution in [0.5, 0.6) is 0 Å². The van der Waals surface area contributed by atoms with Gasteiger partial charge in [0.1, 0.15) is 0 Å². The summed E-state index contributed by atoms with van der Waals surface area (Å²) in [4.78, 5) is 24.0. The number of unbranched alkanes of at least 4 members (excludes halogenated alkanes) is 7. The molecule has 0 unspecified atom stereocenters. The Labute approximate surface area is 161 Å². The molecule has 0 radical (unpaired) electrons. The van der Waals surface area contributed by atoms with E-state index in [1.807, 2.05) is 0 Å². The van der Waals surface area contributed by atoms with Gasteiger partial charge in [-0.05, 0) is 43.4 Å². The third kappa shape index (κ3) is 9.59. The van der Waals surface area contributed by atoms with Crippen LogP contribution in [0.2, 0.25) is 0 Å². The first-order valence-corrected chi connectivity index (χ1v) is 10.9. The summed E-state index contributed by atoms with van der Waals surface area (Å²) < 4.78 is 0. The van der Waals surface area contributed by atoms with Crippen LogP contribution in [-0.4, -0.2) is 24.4 Å². The lowest BCUT2D eigenvalue weighted by atomic mass is 9.71. The molecule has 152 valence electrons. The van der Waals surface area contributed by atoms with Gasteiger partial charge in [0.15, 0.2) is 0 Å². The zero-order valence-corrected chi connectivity index (χ0v) is 17.7. The van der Waals surface area contributed by atoms with Crippen LogP contribution in [0, 0.1) is 11.3 Å². The molecule has 1 saturated carbocycles. The minimum atomic E-state index is -0.467. The SMILES string of the molecule is CCCCCCCCCCNC(=O)C(=O)NC1CCC(C(C)(C)C)CC1. The monoisotopic (exact) mass is 366 g/mol. The van der Waals surface area contributed by atoms with Gasteiger partial charge in [-0.25, -0.2) is 0 Å². The number of hydrogen-bond donors (Lipinski definition) is 2. The topological polar surface area (TPSA) is 58.2 Å². The lowest BCUT2D eigenvalue weighted by molar-refractivity contribution is -0.139. The molecular weight excluding hydrogens is 324 g/mol. The second-order valence-corrected chi connectivity index (χ2v) is 9.12. The van der Waals surface area contributed by atoms with E-state index < -0.39 is 11.8 Å². The van der Waals surface area contributed by atoms with Crippen molar-refractivity contribution in [3.05, 3.63) is 0 Å². The summed E-state index contributed by atoms with van der Waals surface area (Å²) in [5, 5.41) is 5.69. The van der Waals surface area contributed by atoms with Gasteiger partial charge in [-0.15, -0.1) is 0 Å². The highest BCUT2D eigenvalue weighted by atomic mass is 16.2. The lowest BCUT2D eigenvalue weighted by Crippen LogP contribution is -2.46. The van der Waals surface area contributed by atoms with Gasteiger partial charge in [-0.1, -0.05) is 72.6 Å². The fraction of sp³-hybridized carbons (Fsp3) is 0.909. The number of nitrogens with one attached hydrogen (secondary N) is 2. The molecular formula is C22H42N2O2. The highest BCUT2D eigenvalue weighted by molar-refractivity contribution is 6.35. The predicted molar refractivity (Wildman–Crippen MR) is 109 cm³/mol. The van der Waals surface area contributed by atoms with Crippen molar-refractivity contribution in [2.24, 2.45) is 11.3 Å². The van der Waals surface area contributed by atoms with Crippen molar-refractivity contribution in [1.82, 2.24) is 10.6 Å². The van der Waals surface area contributed by atoms with Crippen LogP contribution >= 0.6 is 0 Å². The van der Waals surface area contributed by atoms with E-state index >= 15 is 0 Å². The Hall–Kier alpha value is -1.06. The first-order chi connectivity index (χ1) is 12.3. The second kappa shape index (κ2) is 12.3. The first kappa shape index (κ1) is 23.0. The van der Waals surface area contributed by atoms with Crippen LogP contribution in [0.4, 0.5) is 0 Å². The molecule has 1 fully saturated rings. The minimum Gasteiger partial charge on any atom is -0.348 e. The fourth-order valence-corrected chi connectivity index (χ4v) is 3.90. The van der Waals surface area contributed by atoms with Crippen molar-refractivity contribution in [3.63, 3.8) is 0 Å². The van der Waals surface area contributed by atoms with Gasteiger partial charge in [0.2, 0.25) is 0 Å². The molecule has 0 bridgehead atoms. The zero-order valence-electron chi connectivity index (χ0n) is 17.7. The third-order valence-corrected chi connectivity index (χ3v) is 5.81. The molecule has 0 spiro atoms. The average Bonchev–Trinajstić information content (AvgIpc) is 2.59. The Bertz CT molecular complexity index is 407. The lowest BCUT2D eigenvalue weighted by Gasteiger charge is -2.37. The Kier molecular flexibility index (Phi) is 10.9. The molecule has 0 aliphatic heterocycles. The van der Waals surface area contributed by atoms with Gasteiger partial charge >= 0.3 is 11.8 Å². The molecule has 0 aromatic heterocycles. The van der Waals surface area contributed by atoms with E-state index in [0.29, 0.717) is 17.9 Å². The highest BCUT2D eigenvalue weighted by Crippen LogP contribution is 2.37. The summed E-state index contributed by atoms with van der Waals surface area (Å²) in [7, 11) is 0. The van der Waals surface area contributed by atoms with Crippen LogP contribution in [0.3, 0.4) is 0 Å². The number of rotatable bonds is 10. The minimum absolute atomic E-state index is 0.162. The van der Waals surface area contributed by atoms with Crippen molar-refractivity contribution in [2.75, 3.05) is 6.54 Å². The molecule has 26 heavy (non-hydrogen) atoms. The standard InChI is InChI=1S/C22H42N2O2/c1-5-6-7-8-9-10-11-12-17-23-20(25)21(26)24-19-15-13-18(14-16-19)22(2,3)4/h18-19H,5-17H2,1-4H3,(H,23,25)(H,24,26). The summed E-state index contributed by atoms with van der Waals surface area (Å²) >= 11 is 0. The van der Waals surface area contributed by atoms with Crippen molar-refractivity contribution in [1.29, 1.82) is 0 Å². The van der Waals surface area contributed by atoms with Gasteiger partial charge in [-0.3, -0.25) is 9.59 Å². The molecule has 1 aliphatic carbocycles. The molecule has 1 rings (SSSR count). The summed E-state index contributed by atoms with van der Waals surface area (Å²) in [5.41, 5.74) is 0.336. The maximum atomic E-state index is 12.0. The quantitative estimate of drug-likeness (QED) is 0.424. The maximum Gasteiger partial charge on any atom is 0.309 e. The Morgan fingerprint density at radius 2 is 1.35 bits per heavy atom. The smallest absolute Gasteiger partial charge is 0.309 e. The summed E-state index contributed by atoms with van der Waals surface area (Å²) in [6, 6.07) is 0.162. The molecule has 1 aliphatic rings. The van der Waals surface area contributed by atoms with Crippen molar-refractivity contribution >= 4 is 11.8 Å². The number of carbonyl (C=O) groups excluding carboxylic acids is 2. The predicted octanol–water partition coefficient (Wildman–Crippen LogP) is 4.96. The Balaban J connectivity index is 2.06. The molecule has 2 N–H and O–H groups in total. The molecule has 0 heterocycles. The van der Waals surface area contributed by atoms with Crippen molar-refractivity contribution < 1.29 is 9.59 Å². The summed E-state index contributed by atoms with van der Waals surface area (Å²) in [6.45, 7) is 9.70. The molecule has 2 amide bonds. The van der Waals surface area contributed by atoms with Gasteiger partial charge < -0.3 is 10.6 Å². The van der Waals surface area contributed by atoms with Crippen LogP contribution < -0.4 is 10.6 Å². The number of hydrogen-bond acceptors (Lipinski definition) is 2. The summed E-state index contributed by atoms with van der Waals surface area (Å²) in [5.74, 6) is -0.207. The average molecular weight is 367 g/mol. The third-order valence-electron chi connectivity index (χ3n) is 5.81. The Morgan fingerprint density at radius 1 is 0.808 bits per heavy atom. The van der Waals surface area contributed by atoms with E-state index in [9.17, 15) is 9.59 Å². The maximum absolute atomic E-state index is 12.0. The zero-order chi connectivity index (χ0) is 19.4. The van der Waals surface area contributed by atoms with E-state index in [4.69, 9.17) is 0 Å². The normalized spacial score (nSPS) is 20.6. The number of amides is 2. The fourth-order valence-electron chi connectivity index (χ4n) is 3.90. The van der Waals surface area contributed by atoms with Crippen molar-refractivity contribution in [2.45, 2.75) is 111 Å². The first-order valence-electron chi connectivity index (χ1n) is 10.9. The van der Waals surface area contributed by atoms with E-state index in [1.165, 1.54) is 38.5 Å². The van der Waals surface area contributed by atoms with E-state index in [-0.39, 0.29) is 6.04 Å². The summed E-state index contributed by atoms with van der Waals surface area (Å²) in [6.07, 6.45) is 14.1. The van der Waals surface area contributed by atoms with E-state index in [1.54, 1.807) is 0 Å². The van der Waals surface area contributed by atoms with Crippen LogP contribution in [-0.2, 0) is 9.59 Å². The van der Waals surface area contributed by atoms with Gasteiger partial charge in [0.05, 0.1) is 0 Å². The molecule has 0 aromatic carbocycles.